The zero-order valence-electron chi connectivity index (χ0n) is 14.4. The molecule has 0 radical (unpaired) electrons. The third kappa shape index (κ3) is 1.59. The Morgan fingerprint density at radius 3 is 2.62 bits per heavy atom. The van der Waals surface area contributed by atoms with Crippen molar-refractivity contribution in [3.63, 3.8) is 0 Å². The number of fused-ring (bicyclic) bond motifs is 7. The number of hydrogen-bond donors (Lipinski definition) is 0. The molecule has 0 fully saturated rings. The van der Waals surface area contributed by atoms with Crippen LogP contribution in [0.5, 0.6) is 0 Å². The molecule has 0 bridgehead atoms. The van der Waals surface area contributed by atoms with Gasteiger partial charge in [-0.15, -0.1) is 0 Å². The first-order valence-electron chi connectivity index (χ1n) is 8.86. The van der Waals surface area contributed by atoms with Gasteiger partial charge in [0, 0.05) is 11.8 Å². The number of rotatable bonds is 1. The fourth-order valence-electron chi connectivity index (χ4n) is 4.39. The Kier molecular flexibility index (Phi) is 2.57. The molecule has 4 heteroatoms. The molecule has 0 saturated carbocycles. The van der Waals surface area contributed by atoms with E-state index >= 15 is 0 Å². The Morgan fingerprint density at radius 1 is 0.923 bits per heavy atom. The molecule has 3 aromatic heterocycles. The maximum Gasteiger partial charge on any atom is 0.274 e. The van der Waals surface area contributed by atoms with Gasteiger partial charge in [-0.05, 0) is 30.3 Å². The van der Waals surface area contributed by atoms with Gasteiger partial charge in [-0.3, -0.25) is 0 Å². The molecule has 1 aliphatic rings. The van der Waals surface area contributed by atoms with Crippen LogP contribution in [0.4, 0.5) is 0 Å². The molecule has 0 unspecified atom stereocenters. The van der Waals surface area contributed by atoms with Crippen LogP contribution < -0.4 is 4.57 Å². The van der Waals surface area contributed by atoms with Crippen LogP contribution in [0.15, 0.2) is 72.9 Å². The van der Waals surface area contributed by atoms with Crippen molar-refractivity contribution < 1.29 is 4.57 Å². The van der Waals surface area contributed by atoms with Crippen molar-refractivity contribution in [2.45, 2.75) is 6.54 Å². The first kappa shape index (κ1) is 13.8. The van der Waals surface area contributed by atoms with E-state index in [1.807, 2.05) is 12.3 Å². The highest BCUT2D eigenvalue weighted by Crippen LogP contribution is 2.37. The average Bonchev–Trinajstić information content (AvgIpc) is 3.31. The molecule has 0 saturated heterocycles. The predicted molar refractivity (Wildman–Crippen MR) is 102 cm³/mol. The van der Waals surface area contributed by atoms with Crippen LogP contribution in [0.2, 0.25) is 0 Å². The first-order valence-corrected chi connectivity index (χ1v) is 8.86. The van der Waals surface area contributed by atoms with E-state index in [9.17, 15) is 0 Å². The van der Waals surface area contributed by atoms with E-state index < -0.39 is 0 Å². The molecular weight excluding hydrogens is 320 g/mol. The molecule has 0 atom stereocenters. The number of aryl methyl sites for hydroxylation is 1. The number of benzene rings is 2. The molecule has 5 aromatic rings. The van der Waals surface area contributed by atoms with Crippen LogP contribution in [0.25, 0.3) is 39.3 Å². The third-order valence-electron chi connectivity index (χ3n) is 5.43. The Morgan fingerprint density at radius 2 is 1.73 bits per heavy atom. The largest absolute Gasteiger partial charge is 0.274 e. The van der Waals surface area contributed by atoms with Crippen molar-refractivity contribution in [2.24, 2.45) is 7.05 Å². The molecule has 4 nitrogen and oxygen atoms in total. The Labute approximate surface area is 150 Å². The maximum atomic E-state index is 4.67. The van der Waals surface area contributed by atoms with E-state index in [1.165, 1.54) is 39.1 Å². The van der Waals surface area contributed by atoms with Crippen LogP contribution in [0.3, 0.4) is 0 Å². The van der Waals surface area contributed by atoms with Gasteiger partial charge < -0.3 is 0 Å². The molecule has 1 aliphatic heterocycles. The van der Waals surface area contributed by atoms with E-state index in [-0.39, 0.29) is 0 Å². The fourth-order valence-corrected chi connectivity index (χ4v) is 4.39. The van der Waals surface area contributed by atoms with Gasteiger partial charge in [0.1, 0.15) is 16.9 Å². The summed E-state index contributed by atoms with van der Waals surface area (Å²) in [4.78, 5) is 4.67. The van der Waals surface area contributed by atoms with E-state index in [4.69, 9.17) is 0 Å². The zero-order valence-corrected chi connectivity index (χ0v) is 14.4. The Hall–Kier alpha value is -3.40. The molecular formula is C22H17N4+. The lowest BCUT2D eigenvalue weighted by atomic mass is 10.2. The number of nitrogens with zero attached hydrogens (tertiary/aromatic N) is 4. The third-order valence-corrected chi connectivity index (χ3v) is 5.43. The normalized spacial score (nSPS) is 12.7. The van der Waals surface area contributed by atoms with E-state index in [2.05, 4.69) is 86.4 Å². The molecule has 0 N–H and O–H groups in total. The highest BCUT2D eigenvalue weighted by molar-refractivity contribution is 6.06. The summed E-state index contributed by atoms with van der Waals surface area (Å²) in [5.41, 5.74) is 7.29. The lowest BCUT2D eigenvalue weighted by Gasteiger charge is -2.03. The SMILES string of the molecule is C[n+]1c2n(c3c4ccccc4n(-c4ccccc4)c31)Cc1cccnc1-2. The van der Waals surface area contributed by atoms with Crippen LogP contribution in [-0.2, 0) is 13.6 Å². The number of pyridine rings is 1. The standard InChI is InChI=1S/C22H17N4/c1-24-21-19-15(8-7-13-23-19)14-25(21)20-17-11-5-6-12-18(17)26(22(20)24)16-9-3-2-4-10-16/h2-13H,14H2,1H3/q+1. The van der Waals surface area contributed by atoms with Gasteiger partial charge >= 0.3 is 0 Å². The van der Waals surface area contributed by atoms with Gasteiger partial charge in [0.25, 0.3) is 11.5 Å². The molecule has 0 amide bonds. The van der Waals surface area contributed by atoms with E-state index in [1.54, 1.807) is 0 Å². The fraction of sp³-hybridized carbons (Fsp3) is 0.0909. The van der Waals surface area contributed by atoms with Gasteiger partial charge in [-0.2, -0.15) is 0 Å². The van der Waals surface area contributed by atoms with Crippen molar-refractivity contribution in [2.75, 3.05) is 0 Å². The number of para-hydroxylation sites is 2. The van der Waals surface area contributed by atoms with Crippen molar-refractivity contribution in [3.8, 4) is 17.2 Å². The van der Waals surface area contributed by atoms with Crippen LogP contribution in [0, 0.1) is 0 Å². The second-order valence-corrected chi connectivity index (χ2v) is 6.84. The highest BCUT2D eigenvalue weighted by atomic mass is 15.3. The number of hydrogen-bond acceptors (Lipinski definition) is 1. The van der Waals surface area contributed by atoms with Gasteiger partial charge in [0.05, 0.1) is 19.0 Å². The topological polar surface area (TPSA) is 26.6 Å². The van der Waals surface area contributed by atoms with Gasteiger partial charge in [-0.25, -0.2) is 18.7 Å². The highest BCUT2D eigenvalue weighted by Gasteiger charge is 2.36. The summed E-state index contributed by atoms with van der Waals surface area (Å²) in [5.74, 6) is 1.18. The molecule has 6 rings (SSSR count). The zero-order chi connectivity index (χ0) is 17.3. The predicted octanol–water partition coefficient (Wildman–Crippen LogP) is 3.83. The van der Waals surface area contributed by atoms with Gasteiger partial charge in [0.2, 0.25) is 0 Å². The van der Waals surface area contributed by atoms with Crippen LogP contribution in [0.1, 0.15) is 5.56 Å². The summed E-state index contributed by atoms with van der Waals surface area (Å²) in [5, 5.41) is 1.28. The molecule has 0 spiro atoms. The summed E-state index contributed by atoms with van der Waals surface area (Å²) in [6.45, 7) is 0.874. The average molecular weight is 337 g/mol. The molecule has 124 valence electrons. The minimum Gasteiger partial charge on any atom is -0.249 e. The lowest BCUT2D eigenvalue weighted by Crippen LogP contribution is -2.31. The second-order valence-electron chi connectivity index (χ2n) is 6.84. The van der Waals surface area contributed by atoms with E-state index in [0.717, 1.165) is 12.2 Å². The molecule has 2 aromatic carbocycles. The first-order chi connectivity index (χ1) is 12.8. The summed E-state index contributed by atoms with van der Waals surface area (Å²) in [6, 6.07) is 23.4. The number of aromatic nitrogens is 4. The molecule has 26 heavy (non-hydrogen) atoms. The summed E-state index contributed by atoms with van der Waals surface area (Å²) in [6.07, 6.45) is 1.88. The van der Waals surface area contributed by atoms with Gasteiger partial charge in [-0.1, -0.05) is 36.4 Å². The van der Waals surface area contributed by atoms with Crippen molar-refractivity contribution in [1.82, 2.24) is 14.1 Å². The van der Waals surface area contributed by atoms with Crippen LogP contribution in [-0.4, -0.2) is 14.1 Å². The van der Waals surface area contributed by atoms with Crippen LogP contribution >= 0.6 is 0 Å². The summed E-state index contributed by atoms with van der Waals surface area (Å²) < 4.78 is 7.06. The molecule has 0 aliphatic carbocycles. The summed E-state index contributed by atoms with van der Waals surface area (Å²) in [7, 11) is 2.15. The number of imidazole rings is 1. The molecule has 4 heterocycles. The minimum absolute atomic E-state index is 0.874. The van der Waals surface area contributed by atoms with Crippen molar-refractivity contribution in [3.05, 3.63) is 78.5 Å². The summed E-state index contributed by atoms with van der Waals surface area (Å²) >= 11 is 0. The monoisotopic (exact) mass is 337 g/mol. The minimum atomic E-state index is 0.874. The maximum absolute atomic E-state index is 4.67. The van der Waals surface area contributed by atoms with E-state index in [0.29, 0.717) is 0 Å². The van der Waals surface area contributed by atoms with Crippen molar-refractivity contribution >= 4 is 22.1 Å². The lowest BCUT2D eigenvalue weighted by molar-refractivity contribution is -0.636. The van der Waals surface area contributed by atoms with Gasteiger partial charge in [0.15, 0.2) is 5.52 Å². The second kappa shape index (κ2) is 4.82. The Bertz CT molecular complexity index is 1310. The quantitative estimate of drug-likeness (QED) is 0.419. The Balaban J connectivity index is 1.83. The van der Waals surface area contributed by atoms with Crippen molar-refractivity contribution in [1.29, 1.82) is 0 Å². The smallest absolute Gasteiger partial charge is 0.249 e.